The number of aromatic nitrogens is 1. The Morgan fingerprint density at radius 2 is 2.14 bits per heavy atom. The number of Topliss-reactive ketones (excluding diaryl/α,β-unsaturated/α-hetero) is 1. The van der Waals surface area contributed by atoms with Crippen LogP contribution in [0.2, 0.25) is 0 Å². The van der Waals surface area contributed by atoms with Gasteiger partial charge in [-0.3, -0.25) is 9.69 Å². The van der Waals surface area contributed by atoms with Crippen molar-refractivity contribution in [1.29, 1.82) is 0 Å². The third-order valence-corrected chi connectivity index (χ3v) is 4.05. The van der Waals surface area contributed by atoms with Gasteiger partial charge in [0.2, 0.25) is 0 Å². The van der Waals surface area contributed by atoms with Gasteiger partial charge in [0, 0.05) is 17.6 Å². The fraction of sp³-hybridized carbons (Fsp3) is 0.188. The molecule has 4 nitrogen and oxygen atoms in total. The van der Waals surface area contributed by atoms with Crippen LogP contribution in [-0.2, 0) is 13.1 Å². The molecule has 0 bridgehead atoms. The summed E-state index contributed by atoms with van der Waals surface area (Å²) in [5, 5.41) is 2.05. The van der Waals surface area contributed by atoms with Crippen molar-refractivity contribution in [3.05, 3.63) is 70.6 Å². The molecule has 0 radical (unpaired) electrons. The largest absolute Gasteiger partial charge is 0.468 e. The van der Waals surface area contributed by atoms with E-state index in [4.69, 9.17) is 4.42 Å². The summed E-state index contributed by atoms with van der Waals surface area (Å²) in [4.78, 5) is 18.6. The molecular formula is C16H16N2O2S. The Bertz CT molecular complexity index is 621. The van der Waals surface area contributed by atoms with Crippen LogP contribution >= 0.6 is 11.3 Å². The predicted molar refractivity (Wildman–Crippen MR) is 82.3 cm³/mol. The molecule has 1 N–H and O–H groups in total. The topological polar surface area (TPSA) is 49.2 Å². The van der Waals surface area contributed by atoms with Gasteiger partial charge in [-0.2, -0.15) is 0 Å². The van der Waals surface area contributed by atoms with Crippen LogP contribution in [0.25, 0.3) is 0 Å². The lowest BCUT2D eigenvalue weighted by molar-refractivity contribution is 0.0911. The van der Waals surface area contributed by atoms with Crippen LogP contribution in [-0.4, -0.2) is 22.2 Å². The smallest absolute Gasteiger partial charge is 0.192 e. The molecule has 0 saturated carbocycles. The maximum Gasteiger partial charge on any atom is 0.192 e. The monoisotopic (exact) mass is 300 g/mol. The summed E-state index contributed by atoms with van der Waals surface area (Å²) in [7, 11) is 0. The summed E-state index contributed by atoms with van der Waals surface area (Å²) in [6, 6.07) is 11.5. The quantitative estimate of drug-likeness (QED) is 0.679. The Balaban J connectivity index is 1.70. The first-order valence-electron chi connectivity index (χ1n) is 6.75. The summed E-state index contributed by atoms with van der Waals surface area (Å²) in [6.07, 6.45) is 3.43. The molecule has 3 aromatic rings. The van der Waals surface area contributed by atoms with Gasteiger partial charge in [0.1, 0.15) is 5.76 Å². The van der Waals surface area contributed by atoms with E-state index >= 15 is 0 Å². The molecular weight excluding hydrogens is 284 g/mol. The van der Waals surface area contributed by atoms with E-state index in [2.05, 4.69) is 16.0 Å². The Kier molecular flexibility index (Phi) is 4.33. The number of nitrogens with zero attached hydrogens (tertiary/aromatic N) is 1. The molecule has 3 heterocycles. The van der Waals surface area contributed by atoms with Crippen molar-refractivity contribution < 1.29 is 9.21 Å². The van der Waals surface area contributed by atoms with Crippen LogP contribution in [0.3, 0.4) is 0 Å². The van der Waals surface area contributed by atoms with Crippen molar-refractivity contribution in [2.75, 3.05) is 6.54 Å². The van der Waals surface area contributed by atoms with Gasteiger partial charge in [-0.05, 0) is 35.7 Å². The van der Waals surface area contributed by atoms with E-state index < -0.39 is 0 Å². The first-order valence-corrected chi connectivity index (χ1v) is 7.63. The highest BCUT2D eigenvalue weighted by atomic mass is 32.1. The standard InChI is InChI=1S/C16H16N2O2S/c19-16(15-6-1-7-17-15)12-18(10-13-4-2-8-20-13)11-14-5-3-9-21-14/h1-9,17H,10-12H2. The third-order valence-electron chi connectivity index (χ3n) is 3.18. The molecule has 5 heteroatoms. The van der Waals surface area contributed by atoms with E-state index in [0.717, 1.165) is 12.3 Å². The van der Waals surface area contributed by atoms with Crippen LogP contribution in [0, 0.1) is 0 Å². The summed E-state index contributed by atoms with van der Waals surface area (Å²) in [6.45, 7) is 1.72. The number of ketones is 1. The highest BCUT2D eigenvalue weighted by Gasteiger charge is 2.15. The number of H-pyrrole nitrogens is 1. The second kappa shape index (κ2) is 6.56. The maximum absolute atomic E-state index is 12.3. The predicted octanol–water partition coefficient (Wildman–Crippen LogP) is 3.55. The zero-order valence-corrected chi connectivity index (χ0v) is 12.3. The molecule has 0 aliphatic rings. The lowest BCUT2D eigenvalue weighted by Crippen LogP contribution is -2.29. The van der Waals surface area contributed by atoms with Gasteiger partial charge in [0.25, 0.3) is 0 Å². The summed E-state index contributed by atoms with van der Waals surface area (Å²) >= 11 is 1.70. The number of thiophene rings is 1. The molecule has 0 spiro atoms. The Hall–Kier alpha value is -2.11. The molecule has 3 aromatic heterocycles. The Labute approximate surface area is 127 Å². The van der Waals surface area contributed by atoms with Crippen LogP contribution in [0.15, 0.2) is 58.7 Å². The fourth-order valence-electron chi connectivity index (χ4n) is 2.21. The average molecular weight is 300 g/mol. The molecule has 21 heavy (non-hydrogen) atoms. The fourth-order valence-corrected chi connectivity index (χ4v) is 2.95. The van der Waals surface area contributed by atoms with Gasteiger partial charge in [-0.15, -0.1) is 11.3 Å². The summed E-state index contributed by atoms with van der Waals surface area (Å²) in [5.41, 5.74) is 0.644. The van der Waals surface area contributed by atoms with Gasteiger partial charge < -0.3 is 9.40 Å². The minimum absolute atomic E-state index is 0.0862. The van der Waals surface area contributed by atoms with Crippen molar-refractivity contribution in [2.24, 2.45) is 0 Å². The third kappa shape index (κ3) is 3.71. The number of aromatic amines is 1. The molecule has 0 aliphatic carbocycles. The van der Waals surface area contributed by atoms with Crippen molar-refractivity contribution in [3.63, 3.8) is 0 Å². The zero-order valence-electron chi connectivity index (χ0n) is 11.5. The van der Waals surface area contributed by atoms with E-state index in [1.54, 1.807) is 29.9 Å². The number of nitrogens with one attached hydrogen (secondary N) is 1. The number of furan rings is 1. The molecule has 0 atom stereocenters. The van der Waals surface area contributed by atoms with Gasteiger partial charge >= 0.3 is 0 Å². The lowest BCUT2D eigenvalue weighted by Gasteiger charge is -2.19. The lowest BCUT2D eigenvalue weighted by atomic mass is 10.2. The van der Waals surface area contributed by atoms with E-state index in [1.807, 2.05) is 29.6 Å². The van der Waals surface area contributed by atoms with Crippen molar-refractivity contribution in [2.45, 2.75) is 13.1 Å². The number of hydrogen-bond donors (Lipinski definition) is 1. The number of rotatable bonds is 7. The first kappa shape index (κ1) is 13.9. The maximum atomic E-state index is 12.3. The van der Waals surface area contributed by atoms with E-state index in [-0.39, 0.29) is 5.78 Å². The van der Waals surface area contributed by atoms with Crippen molar-refractivity contribution >= 4 is 17.1 Å². The molecule has 3 rings (SSSR count). The molecule has 0 unspecified atom stereocenters. The van der Waals surface area contributed by atoms with E-state index in [9.17, 15) is 4.79 Å². The first-order chi connectivity index (χ1) is 10.3. The van der Waals surface area contributed by atoms with E-state index in [1.165, 1.54) is 4.88 Å². The van der Waals surface area contributed by atoms with Gasteiger partial charge in [0.05, 0.1) is 25.0 Å². The highest BCUT2D eigenvalue weighted by molar-refractivity contribution is 7.09. The van der Waals surface area contributed by atoms with Crippen molar-refractivity contribution in [1.82, 2.24) is 9.88 Å². The molecule has 0 aromatic carbocycles. The van der Waals surface area contributed by atoms with Crippen molar-refractivity contribution in [3.8, 4) is 0 Å². The number of carbonyl (C=O) groups excluding carboxylic acids is 1. The minimum atomic E-state index is 0.0862. The summed E-state index contributed by atoms with van der Waals surface area (Å²) < 4.78 is 5.40. The Morgan fingerprint density at radius 3 is 2.81 bits per heavy atom. The van der Waals surface area contributed by atoms with Gasteiger partial charge in [-0.1, -0.05) is 6.07 Å². The SMILES string of the molecule is O=C(CN(Cc1ccco1)Cc1cccs1)c1ccc[nH]1. The number of carbonyl (C=O) groups is 1. The normalized spacial score (nSPS) is 11.1. The second-order valence-electron chi connectivity index (χ2n) is 4.81. The average Bonchev–Trinajstić information content (AvgIpc) is 3.22. The van der Waals surface area contributed by atoms with Gasteiger partial charge in [-0.25, -0.2) is 0 Å². The zero-order chi connectivity index (χ0) is 14.5. The second-order valence-corrected chi connectivity index (χ2v) is 5.84. The highest BCUT2D eigenvalue weighted by Crippen LogP contribution is 2.15. The molecule has 0 amide bonds. The van der Waals surface area contributed by atoms with Crippen LogP contribution in [0.1, 0.15) is 21.1 Å². The molecule has 108 valence electrons. The number of hydrogen-bond acceptors (Lipinski definition) is 4. The van der Waals surface area contributed by atoms with Crippen LogP contribution in [0.5, 0.6) is 0 Å². The summed E-state index contributed by atoms with van der Waals surface area (Å²) in [5.74, 6) is 0.953. The van der Waals surface area contributed by atoms with Crippen LogP contribution < -0.4 is 0 Å². The molecule has 0 fully saturated rings. The molecule has 0 aliphatic heterocycles. The van der Waals surface area contributed by atoms with Crippen LogP contribution in [0.4, 0.5) is 0 Å². The molecule has 0 saturated heterocycles. The van der Waals surface area contributed by atoms with E-state index in [0.29, 0.717) is 18.8 Å². The minimum Gasteiger partial charge on any atom is -0.468 e. The Morgan fingerprint density at radius 1 is 1.19 bits per heavy atom. The van der Waals surface area contributed by atoms with Gasteiger partial charge in [0.15, 0.2) is 5.78 Å².